The van der Waals surface area contributed by atoms with Gasteiger partial charge in [-0.3, -0.25) is 0 Å². The lowest BCUT2D eigenvalue weighted by Crippen LogP contribution is -2.25. The van der Waals surface area contributed by atoms with Crippen molar-refractivity contribution < 1.29 is 0 Å². The molecule has 84 valence electrons. The summed E-state index contributed by atoms with van der Waals surface area (Å²) >= 11 is 0. The van der Waals surface area contributed by atoms with Gasteiger partial charge >= 0.3 is 0 Å². The summed E-state index contributed by atoms with van der Waals surface area (Å²) in [4.78, 5) is 0. The minimum Gasteiger partial charge on any atom is -0.380 e. The lowest BCUT2D eigenvalue weighted by molar-refractivity contribution is 0.776. The molecular formula is C10H14N6. The molecule has 1 unspecified atom stereocenters. The maximum Gasteiger partial charge on any atom is 0.143 e. The highest BCUT2D eigenvalue weighted by molar-refractivity contribution is 5.60. The zero-order valence-corrected chi connectivity index (χ0v) is 9.04. The standard InChI is InChI=1S/C10H14N6/c1-8(6-11)13-9-4-2-3-5-10(9)16-7-12-14-15-16/h2-5,7-8,13H,6,11H2,1H3. The van der Waals surface area contributed by atoms with Gasteiger partial charge in [0.15, 0.2) is 0 Å². The predicted octanol–water partition coefficient (Wildman–Crippen LogP) is 0.421. The van der Waals surface area contributed by atoms with E-state index in [0.29, 0.717) is 6.54 Å². The van der Waals surface area contributed by atoms with Crippen molar-refractivity contribution in [2.75, 3.05) is 11.9 Å². The van der Waals surface area contributed by atoms with Crippen molar-refractivity contribution in [1.29, 1.82) is 0 Å². The van der Waals surface area contributed by atoms with E-state index < -0.39 is 0 Å². The molecule has 1 aromatic heterocycles. The van der Waals surface area contributed by atoms with Crippen molar-refractivity contribution in [3.8, 4) is 5.69 Å². The minimum absolute atomic E-state index is 0.206. The van der Waals surface area contributed by atoms with Crippen LogP contribution < -0.4 is 11.1 Å². The van der Waals surface area contributed by atoms with Gasteiger partial charge in [0.2, 0.25) is 0 Å². The van der Waals surface area contributed by atoms with E-state index in [1.165, 1.54) is 0 Å². The summed E-state index contributed by atoms with van der Waals surface area (Å²) < 4.78 is 1.62. The number of hydrogen-bond acceptors (Lipinski definition) is 5. The minimum atomic E-state index is 0.206. The Morgan fingerprint density at radius 1 is 1.44 bits per heavy atom. The number of anilines is 1. The Kier molecular flexibility index (Phi) is 3.11. The molecule has 2 aromatic rings. The third-order valence-electron chi connectivity index (χ3n) is 2.26. The van der Waals surface area contributed by atoms with Gasteiger partial charge < -0.3 is 11.1 Å². The average molecular weight is 218 g/mol. The van der Waals surface area contributed by atoms with Gasteiger partial charge in [0.1, 0.15) is 6.33 Å². The fourth-order valence-electron chi connectivity index (χ4n) is 1.39. The monoisotopic (exact) mass is 218 g/mol. The van der Waals surface area contributed by atoms with Crippen LogP contribution in [0, 0.1) is 0 Å². The van der Waals surface area contributed by atoms with Crippen LogP contribution in [0.4, 0.5) is 5.69 Å². The first kappa shape index (κ1) is 10.6. The Balaban J connectivity index is 2.31. The third-order valence-corrected chi connectivity index (χ3v) is 2.26. The maximum absolute atomic E-state index is 5.58. The summed E-state index contributed by atoms with van der Waals surface area (Å²) in [5.41, 5.74) is 7.45. The molecular weight excluding hydrogens is 204 g/mol. The van der Waals surface area contributed by atoms with Crippen LogP contribution in [0.2, 0.25) is 0 Å². The van der Waals surface area contributed by atoms with Crippen molar-refractivity contribution >= 4 is 5.69 Å². The molecule has 0 aliphatic carbocycles. The Labute approximate surface area is 93.5 Å². The first-order valence-electron chi connectivity index (χ1n) is 5.10. The summed E-state index contributed by atoms with van der Waals surface area (Å²) in [6.07, 6.45) is 1.56. The third kappa shape index (κ3) is 2.17. The number of nitrogens with one attached hydrogen (secondary N) is 1. The van der Waals surface area contributed by atoms with Gasteiger partial charge in [-0.2, -0.15) is 4.68 Å². The van der Waals surface area contributed by atoms with E-state index in [-0.39, 0.29) is 6.04 Å². The molecule has 0 bridgehead atoms. The summed E-state index contributed by atoms with van der Waals surface area (Å²) in [5, 5.41) is 14.4. The SMILES string of the molecule is CC(CN)Nc1ccccc1-n1cnnn1. The van der Waals surface area contributed by atoms with E-state index in [2.05, 4.69) is 20.8 Å². The number of aromatic nitrogens is 4. The Morgan fingerprint density at radius 3 is 2.94 bits per heavy atom. The first-order chi connectivity index (χ1) is 7.81. The lowest BCUT2D eigenvalue weighted by atomic mass is 10.2. The Bertz CT molecular complexity index is 438. The molecule has 0 fully saturated rings. The zero-order chi connectivity index (χ0) is 11.4. The van der Waals surface area contributed by atoms with E-state index >= 15 is 0 Å². The quantitative estimate of drug-likeness (QED) is 0.777. The molecule has 1 aromatic carbocycles. The van der Waals surface area contributed by atoms with Gasteiger partial charge in [-0.05, 0) is 29.5 Å². The van der Waals surface area contributed by atoms with Gasteiger partial charge in [-0.15, -0.1) is 5.10 Å². The van der Waals surface area contributed by atoms with Crippen LogP contribution in [-0.4, -0.2) is 32.8 Å². The van der Waals surface area contributed by atoms with Crippen LogP contribution in [0.5, 0.6) is 0 Å². The Hall–Kier alpha value is -1.95. The molecule has 2 rings (SSSR count). The predicted molar refractivity (Wildman–Crippen MR) is 61.3 cm³/mol. The van der Waals surface area contributed by atoms with Crippen LogP contribution in [-0.2, 0) is 0 Å². The van der Waals surface area contributed by atoms with Gasteiger partial charge in [-0.25, -0.2) is 0 Å². The fourth-order valence-corrected chi connectivity index (χ4v) is 1.39. The molecule has 1 heterocycles. The first-order valence-corrected chi connectivity index (χ1v) is 5.10. The molecule has 0 saturated heterocycles. The highest BCUT2D eigenvalue weighted by Crippen LogP contribution is 2.18. The second kappa shape index (κ2) is 4.71. The molecule has 0 aliphatic rings. The van der Waals surface area contributed by atoms with Crippen molar-refractivity contribution in [1.82, 2.24) is 20.2 Å². The van der Waals surface area contributed by atoms with Gasteiger partial charge in [-0.1, -0.05) is 12.1 Å². The maximum atomic E-state index is 5.58. The molecule has 6 heteroatoms. The Morgan fingerprint density at radius 2 is 2.25 bits per heavy atom. The molecule has 0 spiro atoms. The second-order valence-electron chi connectivity index (χ2n) is 3.55. The fraction of sp³-hybridized carbons (Fsp3) is 0.300. The van der Waals surface area contributed by atoms with Crippen LogP contribution >= 0.6 is 0 Å². The number of nitrogens with two attached hydrogens (primary N) is 1. The van der Waals surface area contributed by atoms with E-state index in [9.17, 15) is 0 Å². The molecule has 0 radical (unpaired) electrons. The molecule has 1 atom stereocenters. The number of benzene rings is 1. The molecule has 6 nitrogen and oxygen atoms in total. The van der Waals surface area contributed by atoms with Crippen molar-refractivity contribution in [3.05, 3.63) is 30.6 Å². The van der Waals surface area contributed by atoms with Gasteiger partial charge in [0.05, 0.1) is 11.4 Å². The van der Waals surface area contributed by atoms with E-state index in [1.54, 1.807) is 11.0 Å². The highest BCUT2D eigenvalue weighted by atomic mass is 15.5. The van der Waals surface area contributed by atoms with E-state index in [1.807, 2.05) is 31.2 Å². The molecule has 3 N–H and O–H groups in total. The number of nitrogens with zero attached hydrogens (tertiary/aromatic N) is 4. The summed E-state index contributed by atoms with van der Waals surface area (Å²) in [6, 6.07) is 8.03. The number of para-hydroxylation sites is 2. The van der Waals surface area contributed by atoms with Crippen LogP contribution in [0.3, 0.4) is 0 Å². The molecule has 16 heavy (non-hydrogen) atoms. The summed E-state index contributed by atoms with van der Waals surface area (Å²) in [6.45, 7) is 2.60. The molecule has 0 aliphatic heterocycles. The summed E-state index contributed by atoms with van der Waals surface area (Å²) in [5.74, 6) is 0. The van der Waals surface area contributed by atoms with Crippen molar-refractivity contribution in [3.63, 3.8) is 0 Å². The molecule has 0 amide bonds. The van der Waals surface area contributed by atoms with Crippen molar-refractivity contribution in [2.24, 2.45) is 5.73 Å². The van der Waals surface area contributed by atoms with Crippen LogP contribution in [0.1, 0.15) is 6.92 Å². The van der Waals surface area contributed by atoms with Crippen LogP contribution in [0.15, 0.2) is 30.6 Å². The second-order valence-corrected chi connectivity index (χ2v) is 3.55. The number of tetrazole rings is 1. The topological polar surface area (TPSA) is 81.6 Å². The smallest absolute Gasteiger partial charge is 0.143 e. The normalized spacial score (nSPS) is 12.4. The van der Waals surface area contributed by atoms with Crippen molar-refractivity contribution in [2.45, 2.75) is 13.0 Å². The number of rotatable bonds is 4. The zero-order valence-electron chi connectivity index (χ0n) is 9.04. The van der Waals surface area contributed by atoms with Gasteiger partial charge in [0, 0.05) is 12.6 Å². The highest BCUT2D eigenvalue weighted by Gasteiger charge is 2.06. The van der Waals surface area contributed by atoms with Crippen LogP contribution in [0.25, 0.3) is 5.69 Å². The van der Waals surface area contributed by atoms with Gasteiger partial charge in [0.25, 0.3) is 0 Å². The average Bonchev–Trinajstić information content (AvgIpc) is 2.83. The summed E-state index contributed by atoms with van der Waals surface area (Å²) in [7, 11) is 0. The van der Waals surface area contributed by atoms with E-state index in [0.717, 1.165) is 11.4 Å². The van der Waals surface area contributed by atoms with E-state index in [4.69, 9.17) is 5.73 Å². The molecule has 0 saturated carbocycles. The lowest BCUT2D eigenvalue weighted by Gasteiger charge is -2.15. The largest absolute Gasteiger partial charge is 0.380 e. The number of hydrogen-bond donors (Lipinski definition) is 2.